The molecule has 31 heavy (non-hydrogen) atoms. The van der Waals surface area contributed by atoms with E-state index in [4.69, 9.17) is 9.97 Å². The molecule has 0 aromatic carbocycles. The average Bonchev–Trinajstić information content (AvgIpc) is 3.50. The van der Waals surface area contributed by atoms with E-state index in [1.165, 1.54) is 18.4 Å². The minimum atomic E-state index is -3.69. The Morgan fingerprint density at radius 2 is 1.81 bits per heavy atom. The zero-order valence-corrected chi connectivity index (χ0v) is 19.5. The molecule has 4 heterocycles. The molecule has 2 aromatic heterocycles. The van der Waals surface area contributed by atoms with Crippen molar-refractivity contribution in [1.29, 1.82) is 0 Å². The number of hydrogen-bond donors (Lipinski definition) is 1. The summed E-state index contributed by atoms with van der Waals surface area (Å²) in [6.45, 7) is 8.13. The Hall–Kier alpha value is -2.00. The van der Waals surface area contributed by atoms with Gasteiger partial charge in [-0.3, -0.25) is 5.10 Å². The van der Waals surface area contributed by atoms with E-state index in [1.807, 2.05) is 0 Å². The Kier molecular flexibility index (Phi) is 5.29. The Morgan fingerprint density at radius 1 is 1.00 bits per heavy atom. The highest BCUT2D eigenvalue weighted by Crippen LogP contribution is 2.39. The maximum Gasteiger partial charge on any atom is 0.247 e. The van der Waals surface area contributed by atoms with Crippen LogP contribution in [0, 0.1) is 26.7 Å². The molecule has 168 valence electrons. The van der Waals surface area contributed by atoms with Crippen LogP contribution in [-0.2, 0) is 16.4 Å². The average molecular weight is 445 g/mol. The van der Waals surface area contributed by atoms with Crippen molar-refractivity contribution in [2.24, 2.45) is 5.92 Å². The molecule has 3 aliphatic rings. The summed E-state index contributed by atoms with van der Waals surface area (Å²) in [4.78, 5) is 12.6. The van der Waals surface area contributed by atoms with Crippen molar-refractivity contribution in [3.63, 3.8) is 0 Å². The molecule has 9 heteroatoms. The predicted octanol–water partition coefficient (Wildman–Crippen LogP) is 3.20. The molecule has 0 spiro atoms. The van der Waals surface area contributed by atoms with Crippen LogP contribution < -0.4 is 4.90 Å². The van der Waals surface area contributed by atoms with E-state index in [-0.39, 0.29) is 6.04 Å². The second-order valence-corrected chi connectivity index (χ2v) is 11.2. The van der Waals surface area contributed by atoms with Gasteiger partial charge in [0.2, 0.25) is 10.0 Å². The number of aromatic amines is 1. The summed E-state index contributed by atoms with van der Waals surface area (Å²) in [5, 5.41) is 6.94. The number of fused-ring (bicyclic) bond motifs is 1. The van der Waals surface area contributed by atoms with E-state index in [1.54, 1.807) is 18.2 Å². The van der Waals surface area contributed by atoms with Crippen LogP contribution >= 0.6 is 0 Å². The van der Waals surface area contributed by atoms with Crippen LogP contribution in [0.1, 0.15) is 73.0 Å². The van der Waals surface area contributed by atoms with Crippen molar-refractivity contribution in [3.8, 4) is 0 Å². The first-order valence-corrected chi connectivity index (χ1v) is 13.0. The van der Waals surface area contributed by atoms with Gasteiger partial charge in [-0.25, -0.2) is 18.4 Å². The number of aromatic nitrogens is 4. The zero-order valence-electron chi connectivity index (χ0n) is 18.7. The van der Waals surface area contributed by atoms with Gasteiger partial charge >= 0.3 is 0 Å². The van der Waals surface area contributed by atoms with Gasteiger partial charge in [0.05, 0.1) is 17.4 Å². The molecule has 2 aromatic rings. The van der Waals surface area contributed by atoms with E-state index in [2.05, 4.69) is 22.0 Å². The summed E-state index contributed by atoms with van der Waals surface area (Å²) in [5.41, 5.74) is 3.33. The lowest BCUT2D eigenvalue weighted by atomic mass is 10.0. The number of nitrogens with one attached hydrogen (secondary N) is 1. The fraction of sp³-hybridized carbons (Fsp3) is 0.682. The predicted molar refractivity (Wildman–Crippen MR) is 119 cm³/mol. The molecule has 0 unspecified atom stereocenters. The number of aryl methyl sites for hydroxylation is 3. The van der Waals surface area contributed by atoms with E-state index < -0.39 is 10.0 Å². The molecule has 1 saturated carbocycles. The highest BCUT2D eigenvalue weighted by Gasteiger charge is 2.39. The number of H-pyrrole nitrogens is 1. The molecule has 2 fully saturated rings. The number of hydrogen-bond acceptors (Lipinski definition) is 6. The molecule has 0 amide bonds. The Morgan fingerprint density at radius 3 is 2.52 bits per heavy atom. The number of nitrogens with zero attached hydrogens (tertiary/aromatic N) is 5. The van der Waals surface area contributed by atoms with Crippen LogP contribution in [0.5, 0.6) is 0 Å². The summed E-state index contributed by atoms with van der Waals surface area (Å²) in [6.07, 6.45) is 7.32. The number of rotatable bonds is 5. The zero-order chi connectivity index (χ0) is 21.8. The first kappa shape index (κ1) is 20.9. The van der Waals surface area contributed by atoms with E-state index in [0.29, 0.717) is 28.7 Å². The van der Waals surface area contributed by atoms with Gasteiger partial charge in [0, 0.05) is 30.9 Å². The number of anilines is 1. The van der Waals surface area contributed by atoms with Crippen molar-refractivity contribution in [2.75, 3.05) is 24.5 Å². The molecular formula is C22H32N6O2S. The third kappa shape index (κ3) is 3.75. The standard InChI is InChI=1S/C22H32N6O2S/c1-14-18-7-6-11-27(13-17-9-10-17)22(18)24-21(23-14)19-8-4-5-12-28(19)31(29,30)20-15(2)25-26-16(20)3/h17,19H,4-13H2,1-3H3,(H,25,26)/t19-/m1/s1. The second kappa shape index (κ2) is 7.85. The summed E-state index contributed by atoms with van der Waals surface area (Å²) in [5.74, 6) is 2.48. The molecule has 0 radical (unpaired) electrons. The van der Waals surface area contributed by atoms with Gasteiger partial charge in [0.1, 0.15) is 16.5 Å². The molecule has 1 saturated heterocycles. The van der Waals surface area contributed by atoms with Gasteiger partial charge in [0.25, 0.3) is 0 Å². The first-order valence-electron chi connectivity index (χ1n) is 11.5. The molecule has 1 aliphatic carbocycles. The monoisotopic (exact) mass is 444 g/mol. The lowest BCUT2D eigenvalue weighted by Crippen LogP contribution is -2.40. The van der Waals surface area contributed by atoms with Gasteiger partial charge in [-0.05, 0) is 65.2 Å². The maximum absolute atomic E-state index is 13.7. The molecule has 1 N–H and O–H groups in total. The van der Waals surface area contributed by atoms with E-state index in [0.717, 1.165) is 62.6 Å². The summed E-state index contributed by atoms with van der Waals surface area (Å²) in [6, 6.07) is -0.332. The fourth-order valence-electron chi connectivity index (χ4n) is 5.14. The third-order valence-corrected chi connectivity index (χ3v) is 9.09. The minimum absolute atomic E-state index is 0.296. The third-order valence-electron chi connectivity index (χ3n) is 6.92. The SMILES string of the molecule is Cc1nc([C@H]2CCCCN2S(=O)(=O)c2c(C)n[nH]c2C)nc2c1CCCN2CC1CC1. The summed E-state index contributed by atoms with van der Waals surface area (Å²) < 4.78 is 29.0. The van der Waals surface area contributed by atoms with Crippen LogP contribution in [0.4, 0.5) is 5.82 Å². The maximum atomic E-state index is 13.7. The van der Waals surface area contributed by atoms with E-state index in [9.17, 15) is 8.42 Å². The molecule has 5 rings (SSSR count). The van der Waals surface area contributed by atoms with Gasteiger partial charge in [-0.15, -0.1) is 0 Å². The van der Waals surface area contributed by atoms with Gasteiger partial charge < -0.3 is 4.90 Å². The Bertz CT molecular complexity index is 1070. The quantitative estimate of drug-likeness (QED) is 0.761. The first-order chi connectivity index (χ1) is 14.9. The van der Waals surface area contributed by atoms with Crippen LogP contribution in [0.15, 0.2) is 4.90 Å². The van der Waals surface area contributed by atoms with Gasteiger partial charge in [-0.1, -0.05) is 6.42 Å². The molecule has 0 bridgehead atoms. The topological polar surface area (TPSA) is 95.1 Å². The fourth-order valence-corrected chi connectivity index (χ4v) is 7.13. The van der Waals surface area contributed by atoms with Gasteiger partial charge in [-0.2, -0.15) is 9.40 Å². The number of sulfonamides is 1. The van der Waals surface area contributed by atoms with E-state index >= 15 is 0 Å². The van der Waals surface area contributed by atoms with Crippen LogP contribution in [0.2, 0.25) is 0 Å². The molecular weight excluding hydrogens is 412 g/mol. The molecule has 8 nitrogen and oxygen atoms in total. The van der Waals surface area contributed by atoms with Crippen LogP contribution in [0.25, 0.3) is 0 Å². The normalized spacial score (nSPS) is 22.5. The summed E-state index contributed by atoms with van der Waals surface area (Å²) in [7, 11) is -3.69. The van der Waals surface area contributed by atoms with Crippen LogP contribution in [0.3, 0.4) is 0 Å². The highest BCUT2D eigenvalue weighted by atomic mass is 32.2. The van der Waals surface area contributed by atoms with Crippen molar-refractivity contribution in [3.05, 3.63) is 28.5 Å². The lowest BCUT2D eigenvalue weighted by molar-refractivity contribution is 0.246. The van der Waals surface area contributed by atoms with Gasteiger partial charge in [0.15, 0.2) is 0 Å². The van der Waals surface area contributed by atoms with Crippen molar-refractivity contribution >= 4 is 15.8 Å². The van der Waals surface area contributed by atoms with Crippen molar-refractivity contribution < 1.29 is 8.42 Å². The van der Waals surface area contributed by atoms with Crippen molar-refractivity contribution in [2.45, 2.75) is 76.7 Å². The Labute approximate surface area is 184 Å². The van der Waals surface area contributed by atoms with Crippen LogP contribution in [-0.4, -0.2) is 52.5 Å². The summed E-state index contributed by atoms with van der Waals surface area (Å²) >= 11 is 0. The second-order valence-electron chi connectivity index (χ2n) is 9.35. The lowest BCUT2D eigenvalue weighted by Gasteiger charge is -2.36. The number of piperidine rings is 1. The minimum Gasteiger partial charge on any atom is -0.356 e. The molecule has 2 aliphatic heterocycles. The largest absolute Gasteiger partial charge is 0.356 e. The molecule has 1 atom stereocenters. The highest BCUT2D eigenvalue weighted by molar-refractivity contribution is 7.89. The smallest absolute Gasteiger partial charge is 0.247 e. The Balaban J connectivity index is 1.54. The van der Waals surface area contributed by atoms with Crippen molar-refractivity contribution in [1.82, 2.24) is 24.5 Å².